The lowest BCUT2D eigenvalue weighted by Gasteiger charge is -2.19. The lowest BCUT2D eigenvalue weighted by Crippen LogP contribution is -2.12. The minimum absolute atomic E-state index is 0.0905. The third-order valence-electron chi connectivity index (χ3n) is 7.34. The van der Waals surface area contributed by atoms with Crippen LogP contribution in [0.2, 0.25) is 0 Å². The van der Waals surface area contributed by atoms with Gasteiger partial charge in [-0.1, -0.05) is 62.7 Å². The fourth-order valence-electron chi connectivity index (χ4n) is 4.93. The number of nitrogens with zero attached hydrogens (tertiary/aromatic N) is 6. The fraction of sp³-hybridized carbons (Fsp3) is 0.219. The molecular weight excluding hydrogens is 532 g/mol. The molecule has 2 aromatic carbocycles. The van der Waals surface area contributed by atoms with Crippen LogP contribution in [-0.2, 0) is 29.0 Å². The zero-order chi connectivity index (χ0) is 28.9. The molecule has 0 aliphatic rings. The van der Waals surface area contributed by atoms with Crippen LogP contribution in [-0.4, -0.2) is 36.9 Å². The van der Waals surface area contributed by atoms with Crippen LogP contribution in [0.4, 0.5) is 0 Å². The maximum atomic E-state index is 13.8. The van der Waals surface area contributed by atoms with Crippen molar-refractivity contribution in [2.75, 3.05) is 0 Å². The van der Waals surface area contributed by atoms with E-state index in [1.165, 1.54) is 9.54 Å². The molecule has 6 aromatic rings. The smallest absolute Gasteiger partial charge is 0.269 e. The lowest BCUT2D eigenvalue weighted by molar-refractivity contribution is 0.588. The molecule has 208 valence electrons. The molecule has 41 heavy (non-hydrogen) atoms. The van der Waals surface area contributed by atoms with E-state index in [2.05, 4.69) is 60.2 Å². The summed E-state index contributed by atoms with van der Waals surface area (Å²) in [7, 11) is -2.03. The van der Waals surface area contributed by atoms with Crippen LogP contribution in [0.25, 0.3) is 33.3 Å². The van der Waals surface area contributed by atoms with Gasteiger partial charge in [-0.25, -0.2) is 17.4 Å². The van der Waals surface area contributed by atoms with Crippen LogP contribution >= 0.6 is 0 Å². The number of aromatic nitrogens is 6. The standard InChI is InChI=1S/C32H32N6O2S/c1-22-6-12-28(13-7-22)41(39,40)38-21-30(29-14-24(15-33-31(29)38)25-16-34-36(5)19-25)26-17-35-37(20-26)18-23-8-10-27(11-9-23)32(2,3)4/h6-17,19-21H,18H2,1-5H3. The number of hydrogen-bond acceptors (Lipinski definition) is 5. The van der Waals surface area contributed by atoms with E-state index in [1.807, 2.05) is 37.1 Å². The summed E-state index contributed by atoms with van der Waals surface area (Å²) >= 11 is 0. The first-order chi connectivity index (χ1) is 19.5. The maximum absolute atomic E-state index is 13.8. The van der Waals surface area contributed by atoms with Crippen molar-refractivity contribution in [3.05, 3.63) is 108 Å². The summed E-state index contributed by atoms with van der Waals surface area (Å²) in [5, 5.41) is 9.61. The molecule has 0 aliphatic carbocycles. The van der Waals surface area contributed by atoms with Crippen LogP contribution in [0.15, 0.2) is 96.7 Å². The average Bonchev–Trinajstić information content (AvgIpc) is 3.67. The Labute approximate surface area is 240 Å². The molecular formula is C32H32N6O2S. The van der Waals surface area contributed by atoms with Crippen molar-refractivity contribution < 1.29 is 8.42 Å². The van der Waals surface area contributed by atoms with Gasteiger partial charge in [-0.3, -0.25) is 9.36 Å². The quantitative estimate of drug-likeness (QED) is 0.241. The zero-order valence-electron chi connectivity index (χ0n) is 23.8. The molecule has 6 rings (SSSR count). The highest BCUT2D eigenvalue weighted by molar-refractivity contribution is 7.90. The second-order valence-electron chi connectivity index (χ2n) is 11.5. The topological polar surface area (TPSA) is 87.6 Å². The van der Waals surface area contributed by atoms with Gasteiger partial charge in [0.1, 0.15) is 0 Å². The Morgan fingerprint density at radius 1 is 0.805 bits per heavy atom. The Balaban J connectivity index is 1.44. The van der Waals surface area contributed by atoms with Crippen LogP contribution < -0.4 is 0 Å². The van der Waals surface area contributed by atoms with Crippen molar-refractivity contribution in [2.24, 2.45) is 7.05 Å². The van der Waals surface area contributed by atoms with Gasteiger partial charge < -0.3 is 0 Å². The normalized spacial score (nSPS) is 12.3. The van der Waals surface area contributed by atoms with Crippen molar-refractivity contribution in [1.29, 1.82) is 0 Å². The number of fused-ring (bicyclic) bond motifs is 1. The number of aryl methyl sites for hydroxylation is 2. The summed E-state index contributed by atoms with van der Waals surface area (Å²) in [6.45, 7) is 9.13. The van der Waals surface area contributed by atoms with Crippen molar-refractivity contribution in [3.63, 3.8) is 0 Å². The Hall–Kier alpha value is -4.50. The highest BCUT2D eigenvalue weighted by Crippen LogP contribution is 2.34. The molecule has 0 atom stereocenters. The van der Waals surface area contributed by atoms with E-state index in [4.69, 9.17) is 0 Å². The van der Waals surface area contributed by atoms with Gasteiger partial charge in [0.2, 0.25) is 0 Å². The molecule has 8 nitrogen and oxygen atoms in total. The molecule has 0 saturated heterocycles. The Morgan fingerprint density at radius 2 is 1.51 bits per heavy atom. The summed E-state index contributed by atoms with van der Waals surface area (Å²) in [4.78, 5) is 4.85. The van der Waals surface area contributed by atoms with E-state index >= 15 is 0 Å². The van der Waals surface area contributed by atoms with E-state index < -0.39 is 10.0 Å². The summed E-state index contributed by atoms with van der Waals surface area (Å²) in [5.74, 6) is 0. The van der Waals surface area contributed by atoms with Gasteiger partial charge in [0.15, 0.2) is 5.65 Å². The van der Waals surface area contributed by atoms with E-state index in [1.54, 1.807) is 53.7 Å². The Morgan fingerprint density at radius 3 is 2.17 bits per heavy atom. The number of hydrogen-bond donors (Lipinski definition) is 0. The molecule has 0 amide bonds. The third-order valence-corrected chi connectivity index (χ3v) is 9.00. The fourth-order valence-corrected chi connectivity index (χ4v) is 6.26. The van der Waals surface area contributed by atoms with Gasteiger partial charge in [-0.2, -0.15) is 10.2 Å². The predicted molar refractivity (Wildman–Crippen MR) is 161 cm³/mol. The molecule has 0 unspecified atom stereocenters. The van der Waals surface area contributed by atoms with E-state index in [0.717, 1.165) is 38.8 Å². The van der Waals surface area contributed by atoms with Gasteiger partial charge in [0.05, 0.1) is 23.8 Å². The van der Waals surface area contributed by atoms with Gasteiger partial charge >= 0.3 is 0 Å². The zero-order valence-corrected chi connectivity index (χ0v) is 24.6. The first kappa shape index (κ1) is 26.7. The number of rotatable bonds is 6. The Bertz CT molecular complexity index is 1970. The molecule has 0 spiro atoms. The Kier molecular flexibility index (Phi) is 6.42. The summed E-state index contributed by atoms with van der Waals surface area (Å²) < 4.78 is 32.5. The summed E-state index contributed by atoms with van der Waals surface area (Å²) in [5.41, 5.74) is 7.15. The van der Waals surface area contributed by atoms with Crippen molar-refractivity contribution in [3.8, 4) is 22.3 Å². The SMILES string of the molecule is Cc1ccc(S(=O)(=O)n2cc(-c3cnn(Cc4ccc(C(C)(C)C)cc4)c3)c3cc(-c4cnn(C)c4)cnc32)cc1. The molecule has 0 bridgehead atoms. The monoisotopic (exact) mass is 564 g/mol. The largest absolute Gasteiger partial charge is 0.275 e. The van der Waals surface area contributed by atoms with Crippen molar-refractivity contribution >= 4 is 21.1 Å². The maximum Gasteiger partial charge on any atom is 0.269 e. The molecule has 0 fully saturated rings. The number of pyridine rings is 1. The van der Waals surface area contributed by atoms with Crippen molar-refractivity contribution in [1.82, 2.24) is 28.5 Å². The molecule has 4 aromatic heterocycles. The van der Waals surface area contributed by atoms with E-state index in [-0.39, 0.29) is 10.3 Å². The van der Waals surface area contributed by atoms with Crippen LogP contribution in [0.3, 0.4) is 0 Å². The van der Waals surface area contributed by atoms with E-state index in [9.17, 15) is 8.42 Å². The average molecular weight is 565 g/mol. The van der Waals surface area contributed by atoms with E-state index in [0.29, 0.717) is 12.2 Å². The first-order valence-corrected chi connectivity index (χ1v) is 14.9. The van der Waals surface area contributed by atoms with Crippen molar-refractivity contribution in [2.45, 2.75) is 44.6 Å². The molecule has 0 radical (unpaired) electrons. The molecule has 0 saturated carbocycles. The summed E-state index contributed by atoms with van der Waals surface area (Å²) in [6.07, 6.45) is 10.7. The predicted octanol–water partition coefficient (Wildman–Crippen LogP) is 6.19. The van der Waals surface area contributed by atoms with Crippen LogP contribution in [0.5, 0.6) is 0 Å². The second-order valence-corrected chi connectivity index (χ2v) is 13.3. The second kappa shape index (κ2) is 9.85. The highest BCUT2D eigenvalue weighted by Gasteiger charge is 2.24. The minimum Gasteiger partial charge on any atom is -0.275 e. The third kappa shape index (κ3) is 5.09. The van der Waals surface area contributed by atoms with Crippen LogP contribution in [0.1, 0.15) is 37.5 Å². The van der Waals surface area contributed by atoms with Crippen LogP contribution in [0, 0.1) is 6.92 Å². The molecule has 9 heteroatoms. The van der Waals surface area contributed by atoms with Gasteiger partial charge in [0, 0.05) is 59.5 Å². The highest BCUT2D eigenvalue weighted by atomic mass is 32.2. The van der Waals surface area contributed by atoms with Gasteiger partial charge in [-0.05, 0) is 41.7 Å². The minimum atomic E-state index is -3.89. The molecule has 4 heterocycles. The van der Waals surface area contributed by atoms with Gasteiger partial charge in [-0.15, -0.1) is 0 Å². The number of benzene rings is 2. The molecule has 0 aliphatic heterocycles. The molecule has 0 N–H and O–H groups in total. The first-order valence-electron chi connectivity index (χ1n) is 13.4. The van der Waals surface area contributed by atoms with Gasteiger partial charge in [0.25, 0.3) is 10.0 Å². The summed E-state index contributed by atoms with van der Waals surface area (Å²) in [6, 6.07) is 17.4. The lowest BCUT2D eigenvalue weighted by atomic mass is 9.87.